The van der Waals surface area contributed by atoms with Crippen molar-refractivity contribution >= 4 is 80.6 Å². The maximum atomic E-state index is 11.2. The third-order valence-electron chi connectivity index (χ3n) is 9.20. The van der Waals surface area contributed by atoms with Gasteiger partial charge in [-0.25, -0.2) is 0 Å². The molecule has 9 nitrogen and oxygen atoms in total. The van der Waals surface area contributed by atoms with Gasteiger partial charge >= 0.3 is 0 Å². The number of amides is 1. The van der Waals surface area contributed by atoms with Crippen molar-refractivity contribution in [3.8, 4) is 11.5 Å². The van der Waals surface area contributed by atoms with Crippen LogP contribution in [0.4, 0.5) is 17.1 Å². The van der Waals surface area contributed by atoms with Crippen LogP contribution in [0.2, 0.25) is 10.0 Å². The molecule has 0 aliphatic carbocycles. The molecule has 0 fully saturated rings. The maximum Gasteiger partial charge on any atom is 0.221 e. The molecule has 2 atom stereocenters. The molecule has 308 valence electrons. The number of phenolic OH excluding ortho intramolecular Hbond substituents is 2. The lowest BCUT2D eigenvalue weighted by molar-refractivity contribution is -0.114. The van der Waals surface area contributed by atoms with Crippen molar-refractivity contribution in [1.82, 2.24) is 4.98 Å². The van der Waals surface area contributed by atoms with Crippen LogP contribution in [0.1, 0.15) is 55.2 Å². The molecule has 6 aromatic carbocycles. The fraction of sp³-hybridized carbons (Fsp3) is 0.149. The molecular weight excluding hydrogens is 836 g/mol. The zero-order chi connectivity index (χ0) is 42.8. The van der Waals surface area contributed by atoms with E-state index in [0.29, 0.717) is 45.6 Å². The quantitative estimate of drug-likeness (QED) is 0.0559. The Balaban J connectivity index is 0.000000201. The molecule has 7 aromatic rings. The summed E-state index contributed by atoms with van der Waals surface area (Å²) in [6.07, 6.45) is 0.161. The van der Waals surface area contributed by atoms with Crippen LogP contribution in [-0.2, 0) is 17.9 Å². The Bertz CT molecular complexity index is 2590. The molecule has 1 heterocycles. The van der Waals surface area contributed by atoms with Crippen molar-refractivity contribution < 1.29 is 25.2 Å². The van der Waals surface area contributed by atoms with E-state index in [1.165, 1.54) is 6.92 Å². The van der Waals surface area contributed by atoms with E-state index in [1.807, 2.05) is 78.9 Å². The molecule has 60 heavy (non-hydrogen) atoms. The van der Waals surface area contributed by atoms with Gasteiger partial charge < -0.3 is 36.4 Å². The fourth-order valence-corrected chi connectivity index (χ4v) is 8.58. The third-order valence-corrected chi connectivity index (χ3v) is 11.9. The topological polar surface area (TPSA) is 147 Å². The normalized spacial score (nSPS) is 11.9. The first-order valence-corrected chi connectivity index (χ1v) is 21.4. The van der Waals surface area contributed by atoms with Gasteiger partial charge in [-0.2, -0.15) is 0 Å². The van der Waals surface area contributed by atoms with Gasteiger partial charge in [0.1, 0.15) is 11.5 Å². The second-order valence-electron chi connectivity index (χ2n) is 13.8. The van der Waals surface area contributed by atoms with E-state index in [9.17, 15) is 25.2 Å². The summed E-state index contributed by atoms with van der Waals surface area (Å²) in [5, 5.41) is 51.9. The van der Waals surface area contributed by atoms with Crippen molar-refractivity contribution in [3.05, 3.63) is 166 Å². The second kappa shape index (κ2) is 20.7. The highest BCUT2D eigenvalue weighted by molar-refractivity contribution is 7.99. The molecule has 0 aliphatic rings. The van der Waals surface area contributed by atoms with E-state index >= 15 is 0 Å². The number of carbonyl (C=O) groups is 1. The minimum atomic E-state index is -0.826. The van der Waals surface area contributed by atoms with Crippen LogP contribution >= 0.6 is 46.7 Å². The Labute approximate surface area is 367 Å². The van der Waals surface area contributed by atoms with E-state index in [1.54, 1.807) is 67.8 Å². The second-order valence-corrected chi connectivity index (χ2v) is 16.9. The number of rotatable bonds is 13. The van der Waals surface area contributed by atoms with Gasteiger partial charge in [-0.1, -0.05) is 95.3 Å². The number of hydrogen-bond acceptors (Lipinski definition) is 10. The van der Waals surface area contributed by atoms with Crippen molar-refractivity contribution in [2.24, 2.45) is 0 Å². The van der Waals surface area contributed by atoms with Crippen molar-refractivity contribution in [1.29, 1.82) is 0 Å². The molecule has 0 aliphatic heterocycles. The monoisotopic (exact) mass is 878 g/mol. The van der Waals surface area contributed by atoms with E-state index in [4.69, 9.17) is 23.2 Å². The molecule has 7 rings (SSSR count). The molecular formula is C47H44Cl2N4O5S2. The number of nitrogens with one attached hydrogen (secondary N) is 3. The molecule has 0 saturated carbocycles. The van der Waals surface area contributed by atoms with Gasteiger partial charge in [0, 0.05) is 78.0 Å². The first kappa shape index (κ1) is 44.2. The minimum Gasteiger partial charge on any atom is -0.505 e. The number of pyridine rings is 1. The molecule has 1 aromatic heterocycles. The van der Waals surface area contributed by atoms with Crippen molar-refractivity contribution in [2.75, 3.05) is 16.0 Å². The highest BCUT2D eigenvalue weighted by atomic mass is 35.5. The number of fused-ring (bicyclic) bond motifs is 1. The molecule has 13 heteroatoms. The molecule has 0 spiro atoms. The number of benzene rings is 6. The standard InChI is InChI=1S/C24H21ClN2O2S.C23H23ClN2O3S/c1-15(28)20-11-18(25)12-22(24(20)29)27-14-17-5-2-3-7-23(17)30-19-9-8-16-6-4-10-26-21(16)13-19;1-14(27)20-11-17(24)12-21(23(20)29)25-13-16-5-3-4-6-22(16)30-19-9-7-18(8-10-19)26-15(2)28/h2-13,15,27-29H,14H2,1H3;3-12,14,25,27,29H,13H2,1-2H3,(H,26,28). The summed E-state index contributed by atoms with van der Waals surface area (Å²) < 4.78 is 0. The highest BCUT2D eigenvalue weighted by Gasteiger charge is 2.16. The molecule has 7 N–H and O–H groups in total. The van der Waals surface area contributed by atoms with Crippen LogP contribution in [0.15, 0.2) is 153 Å². The van der Waals surface area contributed by atoms with Crippen LogP contribution in [-0.4, -0.2) is 31.3 Å². The van der Waals surface area contributed by atoms with E-state index in [-0.39, 0.29) is 17.4 Å². The SMILES string of the molecule is CC(=O)Nc1ccc(Sc2ccccc2CNc2cc(Cl)cc(C(C)O)c2O)cc1.CC(O)c1cc(Cl)cc(NCc2ccccc2Sc2ccc3cccnc3c2)c1O. The first-order valence-electron chi connectivity index (χ1n) is 19.0. The summed E-state index contributed by atoms with van der Waals surface area (Å²) in [6, 6.07) is 40.4. The van der Waals surface area contributed by atoms with Crippen molar-refractivity contribution in [2.45, 2.75) is 65.7 Å². The maximum absolute atomic E-state index is 11.2. The largest absolute Gasteiger partial charge is 0.505 e. The van der Waals surface area contributed by atoms with Crippen LogP contribution in [0, 0.1) is 0 Å². The van der Waals surface area contributed by atoms with E-state index in [2.05, 4.69) is 45.2 Å². The van der Waals surface area contributed by atoms with Gasteiger partial charge in [-0.05, 0) is 104 Å². The number of carbonyl (C=O) groups excluding carboxylic acids is 1. The number of aliphatic hydroxyl groups is 2. The highest BCUT2D eigenvalue weighted by Crippen LogP contribution is 2.39. The van der Waals surface area contributed by atoms with Gasteiger partial charge in [0.25, 0.3) is 0 Å². The van der Waals surface area contributed by atoms with Crippen LogP contribution in [0.3, 0.4) is 0 Å². The van der Waals surface area contributed by atoms with Gasteiger partial charge in [0.05, 0.1) is 29.1 Å². The Morgan fingerprint density at radius 3 is 1.67 bits per heavy atom. The predicted octanol–water partition coefficient (Wildman–Crippen LogP) is 12.2. The lowest BCUT2D eigenvalue weighted by Gasteiger charge is -2.16. The van der Waals surface area contributed by atoms with Gasteiger partial charge in [-0.3, -0.25) is 9.78 Å². The van der Waals surface area contributed by atoms with Gasteiger partial charge in [0.2, 0.25) is 5.91 Å². The minimum absolute atomic E-state index is 0.00639. The number of halogens is 2. The van der Waals surface area contributed by atoms with Crippen molar-refractivity contribution in [3.63, 3.8) is 0 Å². The lowest BCUT2D eigenvalue weighted by Crippen LogP contribution is -2.05. The van der Waals surface area contributed by atoms with Gasteiger partial charge in [0.15, 0.2) is 0 Å². The Hall–Kier alpha value is -5.40. The summed E-state index contributed by atoms with van der Waals surface area (Å²) >= 11 is 15.6. The van der Waals surface area contributed by atoms with Crippen LogP contribution in [0.5, 0.6) is 11.5 Å². The Morgan fingerprint density at radius 2 is 1.15 bits per heavy atom. The average Bonchev–Trinajstić information content (AvgIpc) is 3.22. The molecule has 0 radical (unpaired) electrons. The van der Waals surface area contributed by atoms with Crippen LogP contribution in [0.25, 0.3) is 10.9 Å². The number of anilines is 3. The summed E-state index contributed by atoms with van der Waals surface area (Å²) in [7, 11) is 0. The number of hydrogen-bond donors (Lipinski definition) is 7. The predicted molar refractivity (Wildman–Crippen MR) is 246 cm³/mol. The summed E-state index contributed by atoms with van der Waals surface area (Å²) in [6.45, 7) is 5.63. The van der Waals surface area contributed by atoms with E-state index in [0.717, 1.165) is 47.3 Å². The molecule has 0 saturated heterocycles. The number of aliphatic hydroxyl groups excluding tert-OH is 2. The van der Waals surface area contributed by atoms with E-state index < -0.39 is 12.2 Å². The number of aromatic hydroxyl groups is 2. The van der Waals surface area contributed by atoms with Crippen LogP contribution < -0.4 is 16.0 Å². The number of phenols is 2. The number of nitrogens with zero attached hydrogens (tertiary/aromatic N) is 1. The lowest BCUT2D eigenvalue weighted by atomic mass is 10.1. The Morgan fingerprint density at radius 1 is 0.650 bits per heavy atom. The summed E-state index contributed by atoms with van der Waals surface area (Å²) in [4.78, 5) is 19.9. The van der Waals surface area contributed by atoms with Gasteiger partial charge in [-0.15, -0.1) is 0 Å². The first-order chi connectivity index (χ1) is 28.8. The molecule has 2 unspecified atom stereocenters. The summed E-state index contributed by atoms with van der Waals surface area (Å²) in [5.41, 5.74) is 5.60. The Kier molecular flexibility index (Phi) is 15.3. The zero-order valence-corrected chi connectivity index (χ0v) is 36.1. The fourth-order valence-electron chi connectivity index (χ4n) is 6.20. The summed E-state index contributed by atoms with van der Waals surface area (Å²) in [5.74, 6) is -0.0944. The molecule has 1 amide bonds. The third kappa shape index (κ3) is 11.9. The zero-order valence-electron chi connectivity index (χ0n) is 33.0. The average molecular weight is 880 g/mol. The number of aromatic nitrogens is 1. The smallest absolute Gasteiger partial charge is 0.221 e. The molecule has 0 bridgehead atoms.